The third-order valence-electron chi connectivity index (χ3n) is 1.82. The van der Waals surface area contributed by atoms with Crippen LogP contribution in [0.25, 0.3) is 0 Å². The number of nitrogens with zero attached hydrogens (tertiary/aromatic N) is 2. The van der Waals surface area contributed by atoms with E-state index in [2.05, 4.69) is 15.6 Å². The molecule has 0 radical (unpaired) electrons. The van der Waals surface area contributed by atoms with Crippen molar-refractivity contribution in [1.82, 2.24) is 4.98 Å². The molecule has 0 aliphatic heterocycles. The quantitative estimate of drug-likeness (QED) is 0.592. The molecule has 1 aromatic rings. The highest BCUT2D eigenvalue weighted by molar-refractivity contribution is 5.54. The van der Waals surface area contributed by atoms with Crippen LogP contribution in [0.4, 0.5) is 17.3 Å². The maximum absolute atomic E-state index is 10.7. The molecule has 16 heavy (non-hydrogen) atoms. The van der Waals surface area contributed by atoms with E-state index in [9.17, 15) is 10.1 Å². The number of hydrogen-bond donors (Lipinski definition) is 2. The second-order valence-electron chi connectivity index (χ2n) is 3.68. The van der Waals surface area contributed by atoms with Gasteiger partial charge >= 0.3 is 0 Å². The second kappa shape index (κ2) is 5.29. The third-order valence-corrected chi connectivity index (χ3v) is 1.82. The Labute approximate surface area is 94.2 Å². The molecule has 0 fully saturated rings. The van der Waals surface area contributed by atoms with E-state index in [0.717, 1.165) is 0 Å². The summed E-state index contributed by atoms with van der Waals surface area (Å²) in [5.41, 5.74) is 0.0362. The molecule has 0 saturated carbocycles. The van der Waals surface area contributed by atoms with Crippen LogP contribution in [0.15, 0.2) is 12.1 Å². The second-order valence-corrected chi connectivity index (χ2v) is 3.68. The number of aromatic nitrogens is 1. The van der Waals surface area contributed by atoms with Crippen molar-refractivity contribution in [2.45, 2.75) is 26.8 Å². The van der Waals surface area contributed by atoms with Gasteiger partial charge in [-0.1, -0.05) is 0 Å². The summed E-state index contributed by atoms with van der Waals surface area (Å²) in [7, 11) is 0. The highest BCUT2D eigenvalue weighted by atomic mass is 16.6. The summed E-state index contributed by atoms with van der Waals surface area (Å²) in [5, 5.41) is 16.7. The van der Waals surface area contributed by atoms with Gasteiger partial charge in [0.25, 0.3) is 5.69 Å². The van der Waals surface area contributed by atoms with Gasteiger partial charge in [0, 0.05) is 12.6 Å². The Morgan fingerprint density at radius 1 is 1.44 bits per heavy atom. The molecule has 0 spiro atoms. The first-order chi connectivity index (χ1) is 7.52. The first kappa shape index (κ1) is 12.2. The maximum atomic E-state index is 10.7. The van der Waals surface area contributed by atoms with Crippen molar-refractivity contribution >= 4 is 17.3 Å². The van der Waals surface area contributed by atoms with E-state index in [1.807, 2.05) is 20.8 Å². The summed E-state index contributed by atoms with van der Waals surface area (Å²) in [6, 6.07) is 3.04. The summed E-state index contributed by atoms with van der Waals surface area (Å²) in [6.45, 7) is 6.49. The van der Waals surface area contributed by atoms with Gasteiger partial charge in [-0.05, 0) is 20.8 Å². The molecule has 0 aromatic carbocycles. The van der Waals surface area contributed by atoms with Crippen LogP contribution in [-0.2, 0) is 0 Å². The molecule has 0 saturated heterocycles. The van der Waals surface area contributed by atoms with E-state index in [0.29, 0.717) is 18.2 Å². The van der Waals surface area contributed by atoms with Gasteiger partial charge in [-0.15, -0.1) is 0 Å². The van der Waals surface area contributed by atoms with Crippen LogP contribution in [0.1, 0.15) is 20.8 Å². The van der Waals surface area contributed by atoms with Gasteiger partial charge in [-0.25, -0.2) is 4.98 Å². The number of anilines is 2. The van der Waals surface area contributed by atoms with Crippen LogP contribution in [0, 0.1) is 10.1 Å². The van der Waals surface area contributed by atoms with Crippen LogP contribution >= 0.6 is 0 Å². The van der Waals surface area contributed by atoms with Crippen LogP contribution < -0.4 is 10.6 Å². The first-order valence-corrected chi connectivity index (χ1v) is 5.19. The third kappa shape index (κ3) is 3.38. The lowest BCUT2D eigenvalue weighted by Gasteiger charge is -2.10. The Kier molecular flexibility index (Phi) is 4.04. The molecule has 6 heteroatoms. The maximum Gasteiger partial charge on any atom is 0.276 e. The number of nitrogens with one attached hydrogen (secondary N) is 2. The molecule has 0 amide bonds. The summed E-state index contributed by atoms with van der Waals surface area (Å²) >= 11 is 0. The fourth-order valence-corrected chi connectivity index (χ4v) is 1.26. The molecule has 1 aromatic heterocycles. The Hall–Kier alpha value is -1.85. The minimum absolute atomic E-state index is 0.0362. The first-order valence-electron chi connectivity index (χ1n) is 5.19. The van der Waals surface area contributed by atoms with E-state index in [1.54, 1.807) is 0 Å². The smallest absolute Gasteiger partial charge is 0.276 e. The fourth-order valence-electron chi connectivity index (χ4n) is 1.26. The van der Waals surface area contributed by atoms with Gasteiger partial charge in [0.05, 0.1) is 17.1 Å². The molecule has 1 heterocycles. The summed E-state index contributed by atoms with van der Waals surface area (Å²) < 4.78 is 0. The molecule has 0 unspecified atom stereocenters. The molecule has 1 rings (SSSR count). The molecule has 0 aliphatic carbocycles. The van der Waals surface area contributed by atoms with Crippen LogP contribution in [0.2, 0.25) is 0 Å². The summed E-state index contributed by atoms with van der Waals surface area (Å²) in [6.07, 6.45) is 0. The Bertz CT molecular complexity index is 379. The van der Waals surface area contributed by atoms with Crippen LogP contribution in [0.5, 0.6) is 0 Å². The van der Waals surface area contributed by atoms with Gasteiger partial charge in [0.15, 0.2) is 0 Å². The van der Waals surface area contributed by atoms with E-state index >= 15 is 0 Å². The molecular weight excluding hydrogens is 208 g/mol. The lowest BCUT2D eigenvalue weighted by Crippen LogP contribution is -2.12. The average Bonchev–Trinajstić information content (AvgIpc) is 2.16. The van der Waals surface area contributed by atoms with E-state index in [4.69, 9.17) is 0 Å². The zero-order chi connectivity index (χ0) is 12.1. The average molecular weight is 224 g/mol. The zero-order valence-corrected chi connectivity index (χ0v) is 9.65. The molecule has 0 atom stereocenters. The normalized spacial score (nSPS) is 10.2. The summed E-state index contributed by atoms with van der Waals surface area (Å²) in [4.78, 5) is 14.5. The minimum Gasteiger partial charge on any atom is -0.370 e. The topological polar surface area (TPSA) is 80.1 Å². The molecule has 88 valence electrons. The van der Waals surface area contributed by atoms with Crippen molar-refractivity contribution in [3.63, 3.8) is 0 Å². The minimum atomic E-state index is -0.423. The molecule has 6 nitrogen and oxygen atoms in total. The van der Waals surface area contributed by atoms with Crippen LogP contribution in [-0.4, -0.2) is 22.5 Å². The number of nitro groups is 1. The van der Waals surface area contributed by atoms with E-state index in [1.165, 1.54) is 12.1 Å². The Morgan fingerprint density at radius 3 is 2.56 bits per heavy atom. The van der Waals surface area contributed by atoms with Crippen molar-refractivity contribution in [2.75, 3.05) is 17.2 Å². The van der Waals surface area contributed by atoms with Crippen molar-refractivity contribution in [3.8, 4) is 0 Å². The zero-order valence-electron chi connectivity index (χ0n) is 9.65. The van der Waals surface area contributed by atoms with Crippen molar-refractivity contribution in [1.29, 1.82) is 0 Å². The highest BCUT2D eigenvalue weighted by Crippen LogP contribution is 2.20. The number of rotatable bonds is 5. The van der Waals surface area contributed by atoms with E-state index in [-0.39, 0.29) is 11.7 Å². The lowest BCUT2D eigenvalue weighted by molar-refractivity contribution is -0.384. The molecule has 2 N–H and O–H groups in total. The monoisotopic (exact) mass is 224 g/mol. The Balaban J connectivity index is 3.03. The van der Waals surface area contributed by atoms with Gasteiger partial charge in [-0.3, -0.25) is 10.1 Å². The van der Waals surface area contributed by atoms with E-state index < -0.39 is 4.92 Å². The fraction of sp³-hybridized carbons (Fsp3) is 0.500. The van der Waals surface area contributed by atoms with Gasteiger partial charge < -0.3 is 10.6 Å². The van der Waals surface area contributed by atoms with Crippen molar-refractivity contribution in [3.05, 3.63) is 22.2 Å². The number of pyridine rings is 1. The molecule has 0 aliphatic rings. The SMILES string of the molecule is CCNc1cc([N+](=O)[O-])cc(NC(C)C)n1. The predicted octanol–water partition coefficient (Wildman–Crippen LogP) is 2.24. The Morgan fingerprint density at radius 2 is 2.06 bits per heavy atom. The molecular formula is C10H16N4O2. The summed E-state index contributed by atoms with van der Waals surface area (Å²) in [5.74, 6) is 1.03. The van der Waals surface area contributed by atoms with Crippen molar-refractivity contribution in [2.24, 2.45) is 0 Å². The standard InChI is InChI=1S/C10H16N4O2/c1-4-11-9-5-8(14(15)16)6-10(13-9)12-7(2)3/h5-7H,4H2,1-3H3,(H2,11,12,13). The number of hydrogen-bond acceptors (Lipinski definition) is 5. The molecule has 0 bridgehead atoms. The highest BCUT2D eigenvalue weighted by Gasteiger charge is 2.11. The van der Waals surface area contributed by atoms with Gasteiger partial charge in [-0.2, -0.15) is 0 Å². The van der Waals surface area contributed by atoms with Gasteiger partial charge in [0.2, 0.25) is 0 Å². The van der Waals surface area contributed by atoms with Gasteiger partial charge in [0.1, 0.15) is 11.6 Å². The predicted molar refractivity (Wildman–Crippen MR) is 63.8 cm³/mol. The van der Waals surface area contributed by atoms with Crippen molar-refractivity contribution < 1.29 is 4.92 Å². The lowest BCUT2D eigenvalue weighted by atomic mass is 10.3. The largest absolute Gasteiger partial charge is 0.370 e. The van der Waals surface area contributed by atoms with Crippen LogP contribution in [0.3, 0.4) is 0 Å².